The second-order valence-corrected chi connectivity index (χ2v) is 5.63. The van der Waals surface area contributed by atoms with Gasteiger partial charge in [0.2, 0.25) is 0 Å². The van der Waals surface area contributed by atoms with Crippen LogP contribution in [0.4, 0.5) is 11.5 Å². The fourth-order valence-corrected chi connectivity index (χ4v) is 2.62. The third-order valence-corrected chi connectivity index (χ3v) is 3.64. The van der Waals surface area contributed by atoms with Crippen LogP contribution < -0.4 is 11.1 Å². The number of hydrogen-bond acceptors (Lipinski definition) is 4. The molecule has 0 aliphatic heterocycles. The van der Waals surface area contributed by atoms with Crippen molar-refractivity contribution in [2.45, 2.75) is 13.3 Å². The van der Waals surface area contributed by atoms with E-state index in [0.29, 0.717) is 5.69 Å². The molecule has 0 saturated carbocycles. The van der Waals surface area contributed by atoms with Gasteiger partial charge in [-0.3, -0.25) is 0 Å². The Labute approximate surface area is 110 Å². The van der Waals surface area contributed by atoms with Crippen molar-refractivity contribution >= 4 is 34.4 Å². The maximum absolute atomic E-state index is 5.86. The van der Waals surface area contributed by atoms with Gasteiger partial charge in [-0.05, 0) is 37.1 Å². The Morgan fingerprint density at radius 3 is 2.94 bits per heavy atom. The third kappa shape index (κ3) is 3.35. The number of pyridine rings is 1. The van der Waals surface area contributed by atoms with E-state index in [1.807, 2.05) is 25.1 Å². The lowest BCUT2D eigenvalue weighted by atomic mass is 10.3. The Balaban J connectivity index is 1.90. The fraction of sp³-hybridized carbons (Fsp3) is 0.250. The van der Waals surface area contributed by atoms with E-state index in [4.69, 9.17) is 17.3 Å². The third-order valence-electron chi connectivity index (χ3n) is 2.35. The highest BCUT2D eigenvalue weighted by atomic mass is 35.5. The number of nitrogens with zero attached hydrogens (tertiary/aromatic N) is 1. The summed E-state index contributed by atoms with van der Waals surface area (Å²) in [7, 11) is 0. The van der Waals surface area contributed by atoms with Crippen LogP contribution in [0, 0.1) is 6.92 Å². The highest BCUT2D eigenvalue weighted by Gasteiger charge is 2.01. The Morgan fingerprint density at radius 2 is 2.29 bits per heavy atom. The molecule has 0 spiro atoms. The lowest BCUT2D eigenvalue weighted by Gasteiger charge is -2.07. The van der Waals surface area contributed by atoms with Gasteiger partial charge in [-0.2, -0.15) is 0 Å². The first-order chi connectivity index (χ1) is 8.15. The minimum atomic E-state index is 0.689. The summed E-state index contributed by atoms with van der Waals surface area (Å²) in [6.07, 6.45) is 2.73. The molecule has 0 bridgehead atoms. The second kappa shape index (κ2) is 5.38. The molecule has 0 aliphatic carbocycles. The summed E-state index contributed by atoms with van der Waals surface area (Å²) in [6, 6.07) is 5.87. The van der Waals surface area contributed by atoms with Crippen molar-refractivity contribution in [1.29, 1.82) is 0 Å². The van der Waals surface area contributed by atoms with E-state index in [-0.39, 0.29) is 0 Å². The standard InChI is InChI=1S/C12H14ClN3S/c1-8-6-10(14)12(16-7-8)15-5-4-9-2-3-11(13)17-9/h2-3,6-7H,4-5,14H2,1H3,(H,15,16). The molecule has 3 N–H and O–H groups in total. The molecule has 0 saturated heterocycles. The normalized spacial score (nSPS) is 10.5. The largest absolute Gasteiger partial charge is 0.396 e. The molecule has 3 nitrogen and oxygen atoms in total. The van der Waals surface area contributed by atoms with E-state index >= 15 is 0 Å². The monoisotopic (exact) mass is 267 g/mol. The average Bonchev–Trinajstić information content (AvgIpc) is 2.68. The molecule has 0 atom stereocenters. The fourth-order valence-electron chi connectivity index (χ4n) is 1.53. The molecule has 0 aromatic carbocycles. The van der Waals surface area contributed by atoms with Crippen LogP contribution in [0.2, 0.25) is 4.34 Å². The Bertz CT molecular complexity index is 510. The second-order valence-electron chi connectivity index (χ2n) is 3.83. The van der Waals surface area contributed by atoms with Crippen molar-refractivity contribution in [3.63, 3.8) is 0 Å². The topological polar surface area (TPSA) is 50.9 Å². The number of hydrogen-bond donors (Lipinski definition) is 2. The molecular formula is C12H14ClN3S. The molecule has 17 heavy (non-hydrogen) atoms. The molecule has 0 amide bonds. The van der Waals surface area contributed by atoms with Gasteiger partial charge in [-0.15, -0.1) is 11.3 Å². The maximum atomic E-state index is 5.86. The maximum Gasteiger partial charge on any atom is 0.149 e. The lowest BCUT2D eigenvalue weighted by Crippen LogP contribution is -2.08. The van der Waals surface area contributed by atoms with Crippen LogP contribution in [0.25, 0.3) is 0 Å². The van der Waals surface area contributed by atoms with Crippen molar-refractivity contribution in [2.75, 3.05) is 17.6 Å². The van der Waals surface area contributed by atoms with Gasteiger partial charge in [0.15, 0.2) is 0 Å². The summed E-state index contributed by atoms with van der Waals surface area (Å²) in [5.74, 6) is 0.748. The number of nitrogens with two attached hydrogens (primary N) is 1. The molecule has 0 aliphatic rings. The van der Waals surface area contributed by atoms with Gasteiger partial charge in [0.25, 0.3) is 0 Å². The minimum Gasteiger partial charge on any atom is -0.396 e. The van der Waals surface area contributed by atoms with E-state index in [0.717, 1.165) is 28.7 Å². The first-order valence-electron chi connectivity index (χ1n) is 5.35. The molecule has 0 unspecified atom stereocenters. The highest BCUT2D eigenvalue weighted by molar-refractivity contribution is 7.16. The first kappa shape index (κ1) is 12.2. The van der Waals surface area contributed by atoms with Crippen LogP contribution in [0.15, 0.2) is 24.4 Å². The van der Waals surface area contributed by atoms with Gasteiger partial charge in [-0.1, -0.05) is 11.6 Å². The summed E-state index contributed by atoms with van der Waals surface area (Å²) >= 11 is 7.47. The first-order valence-corrected chi connectivity index (χ1v) is 6.55. The molecule has 5 heteroatoms. The number of rotatable bonds is 4. The van der Waals surface area contributed by atoms with E-state index in [9.17, 15) is 0 Å². The molecule has 2 rings (SSSR count). The van der Waals surface area contributed by atoms with Crippen LogP contribution in [0.3, 0.4) is 0 Å². The van der Waals surface area contributed by atoms with E-state index in [1.165, 1.54) is 4.88 Å². The minimum absolute atomic E-state index is 0.689. The van der Waals surface area contributed by atoms with E-state index < -0.39 is 0 Å². The molecule has 0 fully saturated rings. The molecule has 0 radical (unpaired) electrons. The van der Waals surface area contributed by atoms with Crippen molar-refractivity contribution < 1.29 is 0 Å². The SMILES string of the molecule is Cc1cnc(NCCc2ccc(Cl)s2)c(N)c1. The summed E-state index contributed by atoms with van der Waals surface area (Å²) in [4.78, 5) is 5.51. The molecule has 2 aromatic heterocycles. The molecule has 2 aromatic rings. The van der Waals surface area contributed by atoms with Crippen molar-refractivity contribution in [1.82, 2.24) is 4.98 Å². The average molecular weight is 268 g/mol. The quantitative estimate of drug-likeness (QED) is 0.893. The van der Waals surface area contributed by atoms with Crippen LogP contribution in [0.1, 0.15) is 10.4 Å². The Kier molecular flexibility index (Phi) is 3.86. The van der Waals surface area contributed by atoms with Crippen LogP contribution in [-0.4, -0.2) is 11.5 Å². The summed E-state index contributed by atoms with van der Waals surface area (Å²) in [6.45, 7) is 2.78. The zero-order valence-electron chi connectivity index (χ0n) is 9.53. The number of aromatic nitrogens is 1. The Hall–Kier alpha value is -1.26. The predicted octanol–water partition coefficient (Wildman–Crippen LogP) is 3.34. The number of aryl methyl sites for hydroxylation is 1. The molecular weight excluding hydrogens is 254 g/mol. The van der Waals surface area contributed by atoms with Gasteiger partial charge >= 0.3 is 0 Å². The number of anilines is 2. The van der Waals surface area contributed by atoms with Crippen LogP contribution >= 0.6 is 22.9 Å². The lowest BCUT2D eigenvalue weighted by molar-refractivity contribution is 1.03. The number of thiophene rings is 1. The predicted molar refractivity (Wildman–Crippen MR) is 74.9 cm³/mol. The zero-order chi connectivity index (χ0) is 12.3. The van der Waals surface area contributed by atoms with Crippen LogP contribution in [-0.2, 0) is 6.42 Å². The number of halogens is 1. The van der Waals surface area contributed by atoms with Gasteiger partial charge < -0.3 is 11.1 Å². The van der Waals surface area contributed by atoms with Crippen molar-refractivity contribution in [3.05, 3.63) is 39.2 Å². The van der Waals surface area contributed by atoms with Gasteiger partial charge in [-0.25, -0.2) is 4.98 Å². The van der Waals surface area contributed by atoms with E-state index in [2.05, 4.69) is 10.3 Å². The van der Waals surface area contributed by atoms with Crippen LogP contribution in [0.5, 0.6) is 0 Å². The summed E-state index contributed by atoms with van der Waals surface area (Å²) in [5.41, 5.74) is 7.62. The number of nitrogens with one attached hydrogen (secondary N) is 1. The van der Waals surface area contributed by atoms with E-state index in [1.54, 1.807) is 17.5 Å². The van der Waals surface area contributed by atoms with Crippen molar-refractivity contribution in [2.24, 2.45) is 0 Å². The molecule has 90 valence electrons. The zero-order valence-corrected chi connectivity index (χ0v) is 11.1. The summed E-state index contributed by atoms with van der Waals surface area (Å²) in [5, 5.41) is 3.23. The van der Waals surface area contributed by atoms with Gasteiger partial charge in [0.1, 0.15) is 5.82 Å². The number of nitrogen functional groups attached to an aromatic ring is 1. The van der Waals surface area contributed by atoms with Gasteiger partial charge in [0, 0.05) is 17.6 Å². The van der Waals surface area contributed by atoms with Crippen molar-refractivity contribution in [3.8, 4) is 0 Å². The Morgan fingerprint density at radius 1 is 1.47 bits per heavy atom. The smallest absolute Gasteiger partial charge is 0.149 e. The highest BCUT2D eigenvalue weighted by Crippen LogP contribution is 2.22. The molecule has 2 heterocycles. The summed E-state index contributed by atoms with van der Waals surface area (Å²) < 4.78 is 0.827. The van der Waals surface area contributed by atoms with Gasteiger partial charge in [0.05, 0.1) is 10.0 Å².